The summed E-state index contributed by atoms with van der Waals surface area (Å²) in [4.78, 5) is 0. The normalized spacial score (nSPS) is 12.4. The Morgan fingerprint density at radius 2 is 1.25 bits per heavy atom. The van der Waals surface area contributed by atoms with Crippen LogP contribution in [0.2, 0.25) is 0 Å². The molecule has 0 radical (unpaired) electrons. The zero-order valence-corrected chi connectivity index (χ0v) is 20.1. The van der Waals surface area contributed by atoms with Gasteiger partial charge in [-0.1, -0.05) is 84.9 Å². The molecule has 1 aliphatic carbocycles. The van der Waals surface area contributed by atoms with E-state index in [2.05, 4.69) is 120 Å². The molecule has 2 heteroatoms. The first-order chi connectivity index (χ1) is 17.9. The lowest BCUT2D eigenvalue weighted by Crippen LogP contribution is -1.95. The van der Waals surface area contributed by atoms with Gasteiger partial charge >= 0.3 is 0 Å². The van der Waals surface area contributed by atoms with Crippen LogP contribution >= 0.6 is 11.3 Å². The van der Waals surface area contributed by atoms with Gasteiger partial charge < -0.3 is 4.57 Å². The Balaban J connectivity index is 1.45. The molecule has 0 saturated heterocycles. The van der Waals surface area contributed by atoms with Gasteiger partial charge in [0.25, 0.3) is 0 Å². The van der Waals surface area contributed by atoms with Gasteiger partial charge in [0.2, 0.25) is 0 Å². The standard InChI is InChI=1S/C34H19NS/c1-3-13-29-23(9-1)26-17-18-31-33(27-10-2-4-14-30(27)36-31)34(26)35(29)21-15-16-22-24-11-5-7-20-8-6-12-25(32(20)24)28(22)19-21/h1-19H. The molecule has 9 rings (SSSR count). The monoisotopic (exact) mass is 473 g/mol. The average Bonchev–Trinajstić information content (AvgIpc) is 3.58. The van der Waals surface area contributed by atoms with Gasteiger partial charge in [-0.05, 0) is 63.4 Å². The SMILES string of the molecule is c1cc2c3c(cccc3c1)-c1cc(-n3c4ccccc4c4ccc5sc6ccccc6c5c43)ccc1-2. The van der Waals surface area contributed by atoms with Gasteiger partial charge in [0, 0.05) is 36.6 Å². The summed E-state index contributed by atoms with van der Waals surface area (Å²) < 4.78 is 5.18. The summed E-state index contributed by atoms with van der Waals surface area (Å²) >= 11 is 1.89. The summed E-state index contributed by atoms with van der Waals surface area (Å²) in [6.45, 7) is 0. The molecule has 0 unspecified atom stereocenters. The second kappa shape index (κ2) is 6.63. The van der Waals surface area contributed by atoms with Crippen molar-refractivity contribution >= 4 is 64.1 Å². The smallest absolute Gasteiger partial charge is 0.0634 e. The van der Waals surface area contributed by atoms with Gasteiger partial charge in [0.05, 0.1) is 11.0 Å². The zero-order chi connectivity index (χ0) is 23.4. The van der Waals surface area contributed by atoms with Crippen LogP contribution in [-0.4, -0.2) is 4.57 Å². The second-order valence-corrected chi connectivity index (χ2v) is 10.8. The van der Waals surface area contributed by atoms with Gasteiger partial charge in [-0.2, -0.15) is 0 Å². The maximum absolute atomic E-state index is 2.50. The Morgan fingerprint density at radius 1 is 0.472 bits per heavy atom. The van der Waals surface area contributed by atoms with Crippen LogP contribution in [-0.2, 0) is 0 Å². The molecule has 0 spiro atoms. The van der Waals surface area contributed by atoms with E-state index >= 15 is 0 Å². The first-order valence-electron chi connectivity index (χ1n) is 12.4. The minimum atomic E-state index is 1.22. The van der Waals surface area contributed by atoms with Crippen LogP contribution in [0.15, 0.2) is 115 Å². The molecule has 166 valence electrons. The number of rotatable bonds is 1. The fourth-order valence-corrected chi connectivity index (χ4v) is 7.56. The number of hydrogen-bond acceptors (Lipinski definition) is 1. The highest BCUT2D eigenvalue weighted by Crippen LogP contribution is 2.49. The Hall–Kier alpha value is -4.40. The third-order valence-electron chi connectivity index (χ3n) is 7.92. The van der Waals surface area contributed by atoms with Crippen LogP contribution in [0.3, 0.4) is 0 Å². The largest absolute Gasteiger partial charge is 0.309 e. The molecular formula is C34H19NS. The summed E-state index contributed by atoms with van der Waals surface area (Å²) in [6, 6.07) is 42.7. The van der Waals surface area contributed by atoms with E-state index in [1.165, 1.54) is 80.7 Å². The number of hydrogen-bond donors (Lipinski definition) is 0. The maximum atomic E-state index is 2.50. The Bertz CT molecular complexity index is 2200. The summed E-state index contributed by atoms with van der Waals surface area (Å²) in [5.41, 5.74) is 9.12. The fraction of sp³-hybridized carbons (Fsp3) is 0. The quantitative estimate of drug-likeness (QED) is 0.223. The molecule has 0 amide bonds. The molecule has 0 aliphatic heterocycles. The van der Waals surface area contributed by atoms with E-state index < -0.39 is 0 Å². The third-order valence-corrected chi connectivity index (χ3v) is 9.06. The number of fused-ring (bicyclic) bond motifs is 10. The highest BCUT2D eigenvalue weighted by atomic mass is 32.1. The van der Waals surface area contributed by atoms with E-state index in [1.807, 2.05) is 11.3 Å². The van der Waals surface area contributed by atoms with Crippen molar-refractivity contribution in [3.63, 3.8) is 0 Å². The molecule has 2 aromatic heterocycles. The molecule has 0 N–H and O–H groups in total. The van der Waals surface area contributed by atoms with Gasteiger partial charge in [-0.3, -0.25) is 0 Å². The zero-order valence-electron chi connectivity index (χ0n) is 19.3. The number of thiophene rings is 1. The van der Waals surface area contributed by atoms with Crippen molar-refractivity contribution in [1.29, 1.82) is 0 Å². The van der Waals surface area contributed by atoms with Crippen molar-refractivity contribution in [3.05, 3.63) is 115 Å². The number of aromatic nitrogens is 1. The summed E-state index contributed by atoms with van der Waals surface area (Å²) in [6.07, 6.45) is 0. The average molecular weight is 474 g/mol. The molecule has 2 heterocycles. The van der Waals surface area contributed by atoms with E-state index in [9.17, 15) is 0 Å². The molecule has 1 nitrogen and oxygen atoms in total. The van der Waals surface area contributed by atoms with Crippen LogP contribution in [0.4, 0.5) is 0 Å². The summed E-state index contributed by atoms with van der Waals surface area (Å²) in [5, 5.41) is 8.00. The molecule has 6 aromatic carbocycles. The van der Waals surface area contributed by atoms with Crippen LogP contribution in [0, 0.1) is 0 Å². The lowest BCUT2D eigenvalue weighted by atomic mass is 10.0. The van der Waals surface area contributed by atoms with Gasteiger partial charge in [0.15, 0.2) is 0 Å². The Labute approximate surface area is 211 Å². The first kappa shape index (κ1) is 18.9. The molecule has 1 aliphatic rings. The van der Waals surface area contributed by atoms with Crippen LogP contribution in [0.5, 0.6) is 0 Å². The summed E-state index contributed by atoms with van der Waals surface area (Å²) in [7, 11) is 0. The Kier molecular flexibility index (Phi) is 3.47. The van der Waals surface area contributed by atoms with Crippen molar-refractivity contribution in [2.75, 3.05) is 0 Å². The van der Waals surface area contributed by atoms with Crippen molar-refractivity contribution in [2.45, 2.75) is 0 Å². The lowest BCUT2D eigenvalue weighted by molar-refractivity contribution is 1.19. The van der Waals surface area contributed by atoms with Crippen molar-refractivity contribution < 1.29 is 0 Å². The molecule has 0 bridgehead atoms. The van der Waals surface area contributed by atoms with E-state index in [4.69, 9.17) is 0 Å². The predicted molar refractivity (Wildman–Crippen MR) is 156 cm³/mol. The highest BCUT2D eigenvalue weighted by molar-refractivity contribution is 7.26. The lowest BCUT2D eigenvalue weighted by Gasteiger charge is -2.12. The molecule has 36 heavy (non-hydrogen) atoms. The molecule has 0 fully saturated rings. The minimum absolute atomic E-state index is 1.22. The Morgan fingerprint density at radius 3 is 2.14 bits per heavy atom. The predicted octanol–water partition coefficient (Wildman–Crippen LogP) is 9.95. The molecular weight excluding hydrogens is 454 g/mol. The van der Waals surface area contributed by atoms with E-state index in [-0.39, 0.29) is 0 Å². The molecule has 0 atom stereocenters. The van der Waals surface area contributed by atoms with Crippen LogP contribution in [0.25, 0.3) is 80.7 Å². The molecule has 0 saturated carbocycles. The first-order valence-corrected chi connectivity index (χ1v) is 13.2. The number of para-hydroxylation sites is 1. The van der Waals surface area contributed by atoms with Gasteiger partial charge in [-0.25, -0.2) is 0 Å². The maximum Gasteiger partial charge on any atom is 0.0634 e. The van der Waals surface area contributed by atoms with E-state index in [1.54, 1.807) is 0 Å². The van der Waals surface area contributed by atoms with Crippen molar-refractivity contribution in [2.24, 2.45) is 0 Å². The van der Waals surface area contributed by atoms with Crippen LogP contribution in [0.1, 0.15) is 0 Å². The fourth-order valence-electron chi connectivity index (χ4n) is 6.45. The number of benzene rings is 6. The third kappa shape index (κ3) is 2.26. The highest BCUT2D eigenvalue weighted by Gasteiger charge is 2.23. The van der Waals surface area contributed by atoms with Gasteiger partial charge in [-0.15, -0.1) is 11.3 Å². The summed E-state index contributed by atoms with van der Waals surface area (Å²) in [5.74, 6) is 0. The van der Waals surface area contributed by atoms with Gasteiger partial charge in [0.1, 0.15) is 0 Å². The number of nitrogens with zero attached hydrogens (tertiary/aromatic N) is 1. The van der Waals surface area contributed by atoms with E-state index in [0.29, 0.717) is 0 Å². The topological polar surface area (TPSA) is 4.93 Å². The minimum Gasteiger partial charge on any atom is -0.309 e. The van der Waals surface area contributed by atoms with Crippen molar-refractivity contribution in [1.82, 2.24) is 4.57 Å². The second-order valence-electron chi connectivity index (χ2n) is 9.72. The van der Waals surface area contributed by atoms with Crippen molar-refractivity contribution in [3.8, 4) is 27.9 Å². The van der Waals surface area contributed by atoms with Crippen LogP contribution < -0.4 is 0 Å². The van der Waals surface area contributed by atoms with E-state index in [0.717, 1.165) is 0 Å². The molecule has 8 aromatic rings.